The zero-order chi connectivity index (χ0) is 15.1. The molecule has 2 N–H and O–H groups in total. The summed E-state index contributed by atoms with van der Waals surface area (Å²) in [6.07, 6.45) is 4.28. The number of aromatic nitrogens is 1. The number of hydrogen-bond donors (Lipinski definition) is 2. The molecule has 21 heavy (non-hydrogen) atoms. The number of nitrogens with one attached hydrogen (secondary N) is 2. The molecule has 0 aliphatic carbocycles. The summed E-state index contributed by atoms with van der Waals surface area (Å²) in [4.78, 5) is 4.03. The summed E-state index contributed by atoms with van der Waals surface area (Å²) in [7, 11) is -3.38. The molecule has 8 heteroatoms. The predicted octanol–water partition coefficient (Wildman–Crippen LogP) is 2.36. The van der Waals surface area contributed by atoms with E-state index in [9.17, 15) is 8.42 Å². The van der Waals surface area contributed by atoms with Crippen molar-refractivity contribution >= 4 is 37.3 Å². The highest BCUT2D eigenvalue weighted by molar-refractivity contribution is 9.11. The summed E-state index contributed by atoms with van der Waals surface area (Å²) in [6.45, 7) is 1.89. The van der Waals surface area contributed by atoms with Crippen molar-refractivity contribution in [3.8, 4) is 0 Å². The van der Waals surface area contributed by atoms with Crippen molar-refractivity contribution in [2.75, 3.05) is 13.1 Å². The van der Waals surface area contributed by atoms with Gasteiger partial charge >= 0.3 is 0 Å². The van der Waals surface area contributed by atoms with Crippen molar-refractivity contribution in [3.05, 3.63) is 46.0 Å². The minimum Gasteiger partial charge on any atom is -0.313 e. The molecule has 0 aromatic carbocycles. The van der Waals surface area contributed by atoms with Crippen molar-refractivity contribution in [1.82, 2.24) is 15.0 Å². The van der Waals surface area contributed by atoms with Crippen molar-refractivity contribution in [3.63, 3.8) is 0 Å². The van der Waals surface area contributed by atoms with Gasteiger partial charge in [0.1, 0.15) is 4.21 Å². The molecule has 0 fully saturated rings. The van der Waals surface area contributed by atoms with Gasteiger partial charge in [-0.25, -0.2) is 13.1 Å². The minimum atomic E-state index is -3.38. The fraction of sp³-hybridized carbons (Fsp3) is 0.308. The molecule has 0 aliphatic rings. The topological polar surface area (TPSA) is 71.1 Å². The lowest BCUT2D eigenvalue weighted by molar-refractivity contribution is 0.575. The first kappa shape index (κ1) is 16.6. The second kappa shape index (κ2) is 8.00. The van der Waals surface area contributed by atoms with Gasteiger partial charge in [0.05, 0.1) is 3.79 Å². The maximum atomic E-state index is 11.9. The van der Waals surface area contributed by atoms with Crippen molar-refractivity contribution in [2.45, 2.75) is 17.2 Å². The second-order valence-corrected chi connectivity index (χ2v) is 8.80. The smallest absolute Gasteiger partial charge is 0.250 e. The van der Waals surface area contributed by atoms with Crippen LogP contribution in [0.15, 0.2) is 44.7 Å². The second-order valence-electron chi connectivity index (χ2n) is 4.35. The standard InChI is InChI=1S/C13H16BrN3O2S2/c14-12-4-5-13(20-12)21(18,19)17-8-2-7-16-10-11-3-1-6-15-9-11/h1,3-6,9,16-17H,2,7-8,10H2. The van der Waals surface area contributed by atoms with E-state index in [-0.39, 0.29) is 0 Å². The summed E-state index contributed by atoms with van der Waals surface area (Å²) in [5, 5.41) is 3.25. The van der Waals surface area contributed by atoms with Crippen molar-refractivity contribution < 1.29 is 8.42 Å². The van der Waals surface area contributed by atoms with E-state index < -0.39 is 10.0 Å². The third kappa shape index (κ3) is 5.48. The number of rotatable bonds is 8. The SMILES string of the molecule is O=S(=O)(NCCCNCc1cccnc1)c1ccc(Br)s1. The Hall–Kier alpha value is -0.800. The molecule has 114 valence electrons. The highest BCUT2D eigenvalue weighted by Gasteiger charge is 2.15. The number of thiophene rings is 1. The molecular weight excluding hydrogens is 374 g/mol. The molecule has 0 aliphatic heterocycles. The first-order valence-electron chi connectivity index (χ1n) is 6.42. The Bertz CT molecular complexity index is 659. The molecule has 2 aromatic rings. The van der Waals surface area contributed by atoms with Crippen molar-refractivity contribution in [1.29, 1.82) is 0 Å². The first-order chi connectivity index (χ1) is 10.1. The number of nitrogens with zero attached hydrogens (tertiary/aromatic N) is 1. The zero-order valence-corrected chi connectivity index (χ0v) is 14.5. The monoisotopic (exact) mass is 389 g/mol. The molecule has 0 saturated heterocycles. The Labute approximate surface area is 137 Å². The highest BCUT2D eigenvalue weighted by Crippen LogP contribution is 2.25. The van der Waals surface area contributed by atoms with E-state index in [0.29, 0.717) is 10.8 Å². The first-order valence-corrected chi connectivity index (χ1v) is 9.52. The molecule has 2 heterocycles. The molecule has 0 radical (unpaired) electrons. The Balaban J connectivity index is 1.66. The molecule has 0 bridgehead atoms. The van der Waals surface area contributed by atoms with Crippen LogP contribution in [0.4, 0.5) is 0 Å². The van der Waals surface area contributed by atoms with Gasteiger partial charge in [0.2, 0.25) is 10.0 Å². The number of sulfonamides is 1. The van der Waals surface area contributed by atoms with Crippen LogP contribution >= 0.6 is 27.3 Å². The van der Waals surface area contributed by atoms with E-state index in [2.05, 4.69) is 31.0 Å². The summed E-state index contributed by atoms with van der Waals surface area (Å²) < 4.78 is 27.6. The lowest BCUT2D eigenvalue weighted by atomic mass is 10.3. The molecule has 0 unspecified atom stereocenters. The fourth-order valence-corrected chi connectivity index (χ4v) is 4.80. The van der Waals surface area contributed by atoms with Crippen LogP contribution in [0.2, 0.25) is 0 Å². The van der Waals surface area contributed by atoms with Crippen LogP contribution in [0.1, 0.15) is 12.0 Å². The normalized spacial score (nSPS) is 11.7. The molecule has 2 rings (SSSR count). The zero-order valence-electron chi connectivity index (χ0n) is 11.3. The van der Waals surface area contributed by atoms with E-state index >= 15 is 0 Å². The van der Waals surface area contributed by atoms with Crippen LogP contribution in [-0.4, -0.2) is 26.5 Å². The van der Waals surface area contributed by atoms with Crippen LogP contribution in [0, 0.1) is 0 Å². The van der Waals surface area contributed by atoms with Gasteiger partial charge in [0.15, 0.2) is 0 Å². The van der Waals surface area contributed by atoms with Gasteiger partial charge in [0.25, 0.3) is 0 Å². The number of hydrogen-bond acceptors (Lipinski definition) is 5. The molecule has 2 aromatic heterocycles. The molecule has 0 amide bonds. The van der Waals surface area contributed by atoms with Crippen LogP contribution in [0.3, 0.4) is 0 Å². The van der Waals surface area contributed by atoms with E-state index in [1.54, 1.807) is 18.3 Å². The van der Waals surface area contributed by atoms with E-state index in [0.717, 1.165) is 28.9 Å². The summed E-state index contributed by atoms with van der Waals surface area (Å²) >= 11 is 4.46. The van der Waals surface area contributed by atoms with Crippen LogP contribution in [0.25, 0.3) is 0 Å². The molecular formula is C13H16BrN3O2S2. The average Bonchev–Trinajstić information content (AvgIpc) is 2.91. The summed E-state index contributed by atoms with van der Waals surface area (Å²) in [6, 6.07) is 7.22. The molecule has 0 saturated carbocycles. The average molecular weight is 390 g/mol. The van der Waals surface area contributed by atoms with Crippen LogP contribution < -0.4 is 10.0 Å². The lowest BCUT2D eigenvalue weighted by Gasteiger charge is -2.06. The van der Waals surface area contributed by atoms with E-state index in [1.807, 2.05) is 18.3 Å². The van der Waals surface area contributed by atoms with Crippen LogP contribution in [-0.2, 0) is 16.6 Å². The fourth-order valence-electron chi connectivity index (χ4n) is 1.67. The maximum Gasteiger partial charge on any atom is 0.250 e. The van der Waals surface area contributed by atoms with Gasteiger partial charge in [-0.3, -0.25) is 4.98 Å². The maximum absolute atomic E-state index is 11.9. The minimum absolute atomic E-state index is 0.331. The third-order valence-electron chi connectivity index (χ3n) is 2.69. The predicted molar refractivity (Wildman–Crippen MR) is 87.8 cm³/mol. The van der Waals surface area contributed by atoms with Gasteiger partial charge in [-0.1, -0.05) is 6.07 Å². The lowest BCUT2D eigenvalue weighted by Crippen LogP contribution is -2.26. The summed E-state index contributed by atoms with van der Waals surface area (Å²) in [5.41, 5.74) is 1.11. The highest BCUT2D eigenvalue weighted by atomic mass is 79.9. The molecule has 0 atom stereocenters. The van der Waals surface area contributed by atoms with Crippen molar-refractivity contribution in [2.24, 2.45) is 0 Å². The van der Waals surface area contributed by atoms with E-state index in [1.165, 1.54) is 11.3 Å². The van der Waals surface area contributed by atoms with Gasteiger partial charge in [0, 0.05) is 25.5 Å². The number of pyridine rings is 1. The van der Waals surface area contributed by atoms with E-state index in [4.69, 9.17) is 0 Å². The van der Waals surface area contributed by atoms with Gasteiger partial charge in [-0.2, -0.15) is 0 Å². The Morgan fingerprint density at radius 3 is 2.76 bits per heavy atom. The Morgan fingerprint density at radius 2 is 2.10 bits per heavy atom. The third-order valence-corrected chi connectivity index (χ3v) is 6.26. The molecule has 5 nitrogen and oxygen atoms in total. The van der Waals surface area contributed by atoms with Gasteiger partial charge < -0.3 is 5.32 Å². The van der Waals surface area contributed by atoms with Gasteiger partial charge in [-0.05, 0) is 52.7 Å². The quantitative estimate of drug-likeness (QED) is 0.679. The largest absolute Gasteiger partial charge is 0.313 e. The Kier molecular flexibility index (Phi) is 6.31. The van der Waals surface area contributed by atoms with Crippen LogP contribution in [0.5, 0.6) is 0 Å². The molecule has 0 spiro atoms. The Morgan fingerprint density at radius 1 is 1.24 bits per heavy atom. The summed E-state index contributed by atoms with van der Waals surface area (Å²) in [5.74, 6) is 0. The van der Waals surface area contributed by atoms with Gasteiger partial charge in [-0.15, -0.1) is 11.3 Å². The number of halogens is 1.